The predicted molar refractivity (Wildman–Crippen MR) is 85.9 cm³/mol. The van der Waals surface area contributed by atoms with Crippen LogP contribution in [0.25, 0.3) is 0 Å². The lowest BCUT2D eigenvalue weighted by Crippen LogP contribution is -2.14. The summed E-state index contributed by atoms with van der Waals surface area (Å²) in [5.74, 6) is 0. The van der Waals surface area contributed by atoms with Crippen LogP contribution in [0, 0.1) is 0 Å². The van der Waals surface area contributed by atoms with Crippen LogP contribution in [0.5, 0.6) is 0 Å². The number of hydrogen-bond donors (Lipinski definition) is 1. The Morgan fingerprint density at radius 3 is 1.47 bits per heavy atom. The highest BCUT2D eigenvalue weighted by molar-refractivity contribution is 7.79. The third-order valence-corrected chi connectivity index (χ3v) is 4.84. The number of rotatable bonds is 14. The zero-order valence-electron chi connectivity index (χ0n) is 13.0. The summed E-state index contributed by atoms with van der Waals surface area (Å²) in [4.78, 5) is 0. The molecule has 0 spiro atoms. The van der Waals surface area contributed by atoms with Crippen LogP contribution < -0.4 is 0 Å². The van der Waals surface area contributed by atoms with Crippen LogP contribution in [-0.2, 0) is 11.1 Å². The van der Waals surface area contributed by atoms with Gasteiger partial charge in [-0.1, -0.05) is 84.5 Å². The van der Waals surface area contributed by atoms with Gasteiger partial charge in [-0.3, -0.25) is 0 Å². The molecule has 0 aromatic carbocycles. The lowest BCUT2D eigenvalue weighted by molar-refractivity contribution is 0.498. The van der Waals surface area contributed by atoms with Crippen molar-refractivity contribution < 1.29 is 8.76 Å². The third kappa shape index (κ3) is 12.9. The van der Waals surface area contributed by atoms with Crippen LogP contribution in [0.2, 0.25) is 0 Å². The Labute approximate surface area is 123 Å². The molecule has 0 saturated heterocycles. The standard InChI is InChI=1S/C16H34O2S/c1-3-5-7-9-11-13-15-16(19(17)18)14-12-10-8-6-4-2/h16H,3-15H2,1-2H3,(H,17,18). The Morgan fingerprint density at radius 1 is 0.737 bits per heavy atom. The molecule has 0 fully saturated rings. The van der Waals surface area contributed by atoms with Crippen molar-refractivity contribution in [1.29, 1.82) is 0 Å². The molecule has 0 aliphatic carbocycles. The van der Waals surface area contributed by atoms with Gasteiger partial charge in [0.25, 0.3) is 0 Å². The van der Waals surface area contributed by atoms with Gasteiger partial charge in [0.1, 0.15) is 0 Å². The van der Waals surface area contributed by atoms with Crippen molar-refractivity contribution in [3.63, 3.8) is 0 Å². The fourth-order valence-electron chi connectivity index (χ4n) is 2.47. The van der Waals surface area contributed by atoms with Crippen molar-refractivity contribution in [3.05, 3.63) is 0 Å². The van der Waals surface area contributed by atoms with E-state index in [2.05, 4.69) is 13.8 Å². The molecular weight excluding hydrogens is 256 g/mol. The van der Waals surface area contributed by atoms with Gasteiger partial charge in [-0.15, -0.1) is 0 Å². The molecule has 0 saturated carbocycles. The largest absolute Gasteiger partial charge is 0.306 e. The molecule has 2 nitrogen and oxygen atoms in total. The minimum Gasteiger partial charge on any atom is -0.306 e. The predicted octanol–water partition coefficient (Wildman–Crippen LogP) is 5.69. The average Bonchev–Trinajstić information content (AvgIpc) is 2.39. The molecule has 2 atom stereocenters. The van der Waals surface area contributed by atoms with Gasteiger partial charge >= 0.3 is 0 Å². The zero-order valence-corrected chi connectivity index (χ0v) is 13.8. The molecule has 116 valence electrons. The van der Waals surface area contributed by atoms with E-state index in [0.717, 1.165) is 25.7 Å². The maximum Gasteiger partial charge on any atom is 0.155 e. The van der Waals surface area contributed by atoms with E-state index in [1.165, 1.54) is 57.8 Å². The van der Waals surface area contributed by atoms with Crippen molar-refractivity contribution in [2.45, 2.75) is 103 Å². The molecule has 0 heterocycles. The van der Waals surface area contributed by atoms with Crippen molar-refractivity contribution >= 4 is 11.1 Å². The molecule has 2 unspecified atom stereocenters. The van der Waals surface area contributed by atoms with Crippen LogP contribution in [-0.4, -0.2) is 14.0 Å². The van der Waals surface area contributed by atoms with Gasteiger partial charge < -0.3 is 4.55 Å². The van der Waals surface area contributed by atoms with Crippen molar-refractivity contribution in [2.24, 2.45) is 0 Å². The van der Waals surface area contributed by atoms with Gasteiger partial charge in [-0.25, -0.2) is 4.21 Å². The SMILES string of the molecule is CCCCCCCCC(CCCCCCC)S(=O)O. The van der Waals surface area contributed by atoms with E-state index in [1.807, 2.05) is 0 Å². The van der Waals surface area contributed by atoms with Gasteiger partial charge in [-0.05, 0) is 12.8 Å². The number of unbranched alkanes of at least 4 members (excludes halogenated alkanes) is 9. The summed E-state index contributed by atoms with van der Waals surface area (Å²) in [7, 11) is 0. The highest BCUT2D eigenvalue weighted by atomic mass is 32.2. The fourth-order valence-corrected chi connectivity index (χ4v) is 3.21. The van der Waals surface area contributed by atoms with E-state index in [1.54, 1.807) is 0 Å². The van der Waals surface area contributed by atoms with E-state index < -0.39 is 11.1 Å². The molecule has 0 aliphatic rings. The summed E-state index contributed by atoms with van der Waals surface area (Å²) in [6.07, 6.45) is 15.6. The van der Waals surface area contributed by atoms with Crippen LogP contribution in [0.15, 0.2) is 0 Å². The normalized spacial score (nSPS) is 14.5. The molecular formula is C16H34O2S. The first kappa shape index (κ1) is 19.1. The lowest BCUT2D eigenvalue weighted by Gasteiger charge is -2.12. The Kier molecular flexibility index (Phi) is 14.6. The second-order valence-electron chi connectivity index (χ2n) is 5.66. The first-order chi connectivity index (χ1) is 9.22. The number of hydrogen-bond acceptors (Lipinski definition) is 1. The second-order valence-corrected chi connectivity index (χ2v) is 6.88. The van der Waals surface area contributed by atoms with E-state index in [0.29, 0.717) is 0 Å². The fraction of sp³-hybridized carbons (Fsp3) is 1.00. The van der Waals surface area contributed by atoms with Gasteiger partial charge in [0.05, 0.1) is 5.25 Å². The summed E-state index contributed by atoms with van der Waals surface area (Å²) >= 11 is -1.62. The first-order valence-electron chi connectivity index (χ1n) is 8.32. The van der Waals surface area contributed by atoms with E-state index in [-0.39, 0.29) is 5.25 Å². The quantitative estimate of drug-likeness (QED) is 0.330. The summed E-state index contributed by atoms with van der Waals surface area (Å²) in [5.41, 5.74) is 0. The molecule has 3 heteroatoms. The minimum atomic E-state index is -1.62. The Bertz CT molecular complexity index is 207. The van der Waals surface area contributed by atoms with Gasteiger partial charge in [0.2, 0.25) is 0 Å². The summed E-state index contributed by atoms with van der Waals surface area (Å²) in [5, 5.41) is 0.0211. The molecule has 0 bridgehead atoms. The minimum absolute atomic E-state index is 0.0211. The van der Waals surface area contributed by atoms with Crippen LogP contribution in [0.1, 0.15) is 97.3 Å². The highest BCUT2D eigenvalue weighted by Crippen LogP contribution is 2.17. The molecule has 0 aromatic heterocycles. The van der Waals surface area contributed by atoms with E-state index >= 15 is 0 Å². The van der Waals surface area contributed by atoms with Crippen LogP contribution >= 0.6 is 0 Å². The average molecular weight is 291 g/mol. The lowest BCUT2D eigenvalue weighted by atomic mass is 10.0. The maximum absolute atomic E-state index is 11.3. The van der Waals surface area contributed by atoms with Crippen LogP contribution in [0.3, 0.4) is 0 Å². The van der Waals surface area contributed by atoms with E-state index in [9.17, 15) is 8.76 Å². The van der Waals surface area contributed by atoms with Gasteiger partial charge in [0.15, 0.2) is 11.1 Å². The molecule has 0 aromatic rings. The van der Waals surface area contributed by atoms with Crippen molar-refractivity contribution in [1.82, 2.24) is 0 Å². The third-order valence-electron chi connectivity index (χ3n) is 3.79. The topological polar surface area (TPSA) is 37.3 Å². The van der Waals surface area contributed by atoms with Crippen LogP contribution in [0.4, 0.5) is 0 Å². The van der Waals surface area contributed by atoms with Crippen molar-refractivity contribution in [3.8, 4) is 0 Å². The molecule has 1 N–H and O–H groups in total. The molecule has 0 aliphatic heterocycles. The first-order valence-corrected chi connectivity index (χ1v) is 9.49. The summed E-state index contributed by atoms with van der Waals surface area (Å²) < 4.78 is 20.6. The zero-order chi connectivity index (χ0) is 14.3. The second kappa shape index (κ2) is 14.5. The van der Waals surface area contributed by atoms with Crippen molar-refractivity contribution in [2.75, 3.05) is 0 Å². The maximum atomic E-state index is 11.3. The smallest absolute Gasteiger partial charge is 0.155 e. The Balaban J connectivity index is 3.54. The molecule has 0 radical (unpaired) electrons. The molecule has 0 amide bonds. The monoisotopic (exact) mass is 290 g/mol. The Hall–Kier alpha value is 0.110. The highest BCUT2D eigenvalue weighted by Gasteiger charge is 2.14. The van der Waals surface area contributed by atoms with Gasteiger partial charge in [-0.2, -0.15) is 0 Å². The molecule has 19 heavy (non-hydrogen) atoms. The summed E-state index contributed by atoms with van der Waals surface area (Å²) in [6, 6.07) is 0. The van der Waals surface area contributed by atoms with Gasteiger partial charge in [0, 0.05) is 0 Å². The summed E-state index contributed by atoms with van der Waals surface area (Å²) in [6.45, 7) is 4.44. The Morgan fingerprint density at radius 2 is 1.11 bits per heavy atom. The molecule has 0 rings (SSSR count). The van der Waals surface area contributed by atoms with E-state index in [4.69, 9.17) is 0 Å².